The van der Waals surface area contributed by atoms with Gasteiger partial charge in [-0.1, -0.05) is 48.5 Å². The van der Waals surface area contributed by atoms with Crippen LogP contribution in [0.2, 0.25) is 0 Å². The maximum absolute atomic E-state index is 9.32. The van der Waals surface area contributed by atoms with Crippen LogP contribution in [-0.2, 0) is 13.1 Å². The number of nitriles is 1. The predicted molar refractivity (Wildman–Crippen MR) is 118 cm³/mol. The number of methoxy groups -OCH3 is 3. The molecule has 0 aliphatic heterocycles. The van der Waals surface area contributed by atoms with E-state index in [0.29, 0.717) is 29.4 Å². The number of nitrogens with zero attached hydrogens (tertiary/aromatic N) is 2. The molecule has 0 aliphatic rings. The molecule has 154 valence electrons. The monoisotopic (exact) mass is 402 g/mol. The molecule has 3 aromatic carbocycles. The minimum Gasteiger partial charge on any atom is -0.493 e. The summed E-state index contributed by atoms with van der Waals surface area (Å²) in [7, 11) is 6.93. The van der Waals surface area contributed by atoms with Crippen molar-refractivity contribution >= 4 is 0 Å². The van der Waals surface area contributed by atoms with E-state index in [-0.39, 0.29) is 0 Å². The first kappa shape index (κ1) is 21.2. The summed E-state index contributed by atoms with van der Waals surface area (Å²) in [5, 5.41) is 9.32. The number of hydrogen-bond donors (Lipinski definition) is 0. The Balaban J connectivity index is 1.74. The first-order valence-corrected chi connectivity index (χ1v) is 9.66. The van der Waals surface area contributed by atoms with Crippen LogP contribution in [0.1, 0.15) is 16.7 Å². The van der Waals surface area contributed by atoms with Gasteiger partial charge in [0.1, 0.15) is 0 Å². The Kier molecular flexibility index (Phi) is 6.95. The zero-order valence-corrected chi connectivity index (χ0v) is 17.8. The van der Waals surface area contributed by atoms with E-state index < -0.39 is 0 Å². The summed E-state index contributed by atoms with van der Waals surface area (Å²) >= 11 is 0. The van der Waals surface area contributed by atoms with Gasteiger partial charge in [0.25, 0.3) is 0 Å². The van der Waals surface area contributed by atoms with Gasteiger partial charge in [0.05, 0.1) is 33.0 Å². The van der Waals surface area contributed by atoms with Gasteiger partial charge in [0.15, 0.2) is 11.5 Å². The fraction of sp³-hybridized carbons (Fsp3) is 0.240. The molecule has 0 heterocycles. The molecule has 0 saturated carbocycles. The average Bonchev–Trinajstić information content (AvgIpc) is 2.79. The van der Waals surface area contributed by atoms with Crippen LogP contribution < -0.4 is 14.2 Å². The third-order valence-corrected chi connectivity index (χ3v) is 4.99. The third-order valence-electron chi connectivity index (χ3n) is 4.99. The largest absolute Gasteiger partial charge is 0.493 e. The molecule has 0 bridgehead atoms. The molecule has 0 saturated heterocycles. The summed E-state index contributed by atoms with van der Waals surface area (Å²) in [6.45, 7) is 1.47. The lowest BCUT2D eigenvalue weighted by atomic mass is 9.99. The molecule has 0 amide bonds. The predicted octanol–water partition coefficient (Wildman–Crippen LogP) is 4.88. The fourth-order valence-electron chi connectivity index (χ4n) is 3.57. The van der Waals surface area contributed by atoms with E-state index in [2.05, 4.69) is 42.3 Å². The zero-order chi connectivity index (χ0) is 21.5. The number of rotatable bonds is 8. The fourth-order valence-corrected chi connectivity index (χ4v) is 3.57. The van der Waals surface area contributed by atoms with E-state index in [1.807, 2.05) is 36.4 Å². The van der Waals surface area contributed by atoms with Gasteiger partial charge < -0.3 is 14.2 Å². The first-order valence-electron chi connectivity index (χ1n) is 9.66. The van der Waals surface area contributed by atoms with Gasteiger partial charge in [-0.15, -0.1) is 0 Å². The van der Waals surface area contributed by atoms with Crippen LogP contribution in [0, 0.1) is 11.3 Å². The van der Waals surface area contributed by atoms with Crippen molar-refractivity contribution in [2.45, 2.75) is 13.1 Å². The maximum atomic E-state index is 9.32. The second-order valence-electron chi connectivity index (χ2n) is 7.02. The first-order chi connectivity index (χ1) is 14.6. The highest BCUT2D eigenvalue weighted by Crippen LogP contribution is 2.40. The van der Waals surface area contributed by atoms with Gasteiger partial charge in [-0.3, -0.25) is 4.90 Å². The van der Waals surface area contributed by atoms with Crippen molar-refractivity contribution in [3.8, 4) is 34.4 Å². The smallest absolute Gasteiger partial charge is 0.203 e. The quantitative estimate of drug-likeness (QED) is 0.537. The Morgan fingerprint density at radius 2 is 1.50 bits per heavy atom. The molecule has 3 rings (SSSR count). The molecule has 5 nitrogen and oxygen atoms in total. The number of ether oxygens (including phenoxy) is 3. The summed E-state index contributed by atoms with van der Waals surface area (Å²) in [6.07, 6.45) is 0. The van der Waals surface area contributed by atoms with Crippen LogP contribution >= 0.6 is 0 Å². The highest BCUT2D eigenvalue weighted by atomic mass is 16.5. The lowest BCUT2D eigenvalue weighted by molar-refractivity contribution is 0.296. The Morgan fingerprint density at radius 1 is 0.800 bits per heavy atom. The summed E-state index contributed by atoms with van der Waals surface area (Å²) < 4.78 is 16.4. The average molecular weight is 402 g/mol. The van der Waals surface area contributed by atoms with Gasteiger partial charge in [0, 0.05) is 18.7 Å². The van der Waals surface area contributed by atoms with Gasteiger partial charge >= 0.3 is 0 Å². The summed E-state index contributed by atoms with van der Waals surface area (Å²) in [4.78, 5) is 2.21. The Hall–Kier alpha value is -3.49. The lowest BCUT2D eigenvalue weighted by Crippen LogP contribution is -2.18. The van der Waals surface area contributed by atoms with Gasteiger partial charge in [-0.2, -0.15) is 5.26 Å². The molecule has 0 spiro atoms. The molecule has 0 N–H and O–H groups in total. The molecule has 0 radical (unpaired) electrons. The van der Waals surface area contributed by atoms with Gasteiger partial charge in [-0.05, 0) is 35.9 Å². The molecule has 0 unspecified atom stereocenters. The summed E-state index contributed by atoms with van der Waals surface area (Å²) in [6, 6.07) is 22.1. The number of hydrogen-bond acceptors (Lipinski definition) is 5. The standard InChI is InChI=1S/C25H26N2O3/c1-27(17-21-13-14-23(28-2)25(30-4)24(21)29-3)16-18-9-11-19(12-10-18)22-8-6-5-7-20(22)15-26/h5-14H,16-17H2,1-4H3. The van der Waals surface area contributed by atoms with Crippen LogP contribution in [0.15, 0.2) is 60.7 Å². The van der Waals surface area contributed by atoms with Crippen LogP contribution in [0.4, 0.5) is 0 Å². The molecule has 0 aliphatic carbocycles. The van der Waals surface area contributed by atoms with E-state index in [9.17, 15) is 5.26 Å². The van der Waals surface area contributed by atoms with E-state index in [1.54, 1.807) is 21.3 Å². The Labute approximate surface area is 178 Å². The van der Waals surface area contributed by atoms with Crippen molar-refractivity contribution in [1.29, 1.82) is 5.26 Å². The van der Waals surface area contributed by atoms with Crippen molar-refractivity contribution in [2.75, 3.05) is 28.4 Å². The maximum Gasteiger partial charge on any atom is 0.203 e. The van der Waals surface area contributed by atoms with Crippen molar-refractivity contribution in [3.63, 3.8) is 0 Å². The van der Waals surface area contributed by atoms with E-state index >= 15 is 0 Å². The molecule has 0 atom stereocenters. The molecule has 30 heavy (non-hydrogen) atoms. The SMILES string of the molecule is COc1ccc(CN(C)Cc2ccc(-c3ccccc3C#N)cc2)c(OC)c1OC. The Bertz CT molecular complexity index is 1040. The Morgan fingerprint density at radius 3 is 2.13 bits per heavy atom. The molecular weight excluding hydrogens is 376 g/mol. The number of benzene rings is 3. The van der Waals surface area contributed by atoms with Crippen molar-refractivity contribution in [3.05, 3.63) is 77.4 Å². The normalized spacial score (nSPS) is 10.5. The van der Waals surface area contributed by atoms with Gasteiger partial charge in [-0.25, -0.2) is 0 Å². The zero-order valence-electron chi connectivity index (χ0n) is 17.8. The van der Waals surface area contributed by atoms with E-state index in [1.165, 1.54) is 5.56 Å². The van der Waals surface area contributed by atoms with Crippen molar-refractivity contribution < 1.29 is 14.2 Å². The highest BCUT2D eigenvalue weighted by Gasteiger charge is 2.17. The molecule has 5 heteroatoms. The molecular formula is C25H26N2O3. The second kappa shape index (κ2) is 9.82. The van der Waals surface area contributed by atoms with Crippen LogP contribution in [-0.4, -0.2) is 33.3 Å². The lowest BCUT2D eigenvalue weighted by Gasteiger charge is -2.21. The van der Waals surface area contributed by atoms with Crippen LogP contribution in [0.3, 0.4) is 0 Å². The topological polar surface area (TPSA) is 54.7 Å². The van der Waals surface area contributed by atoms with Crippen molar-refractivity contribution in [2.24, 2.45) is 0 Å². The molecule has 3 aromatic rings. The third kappa shape index (κ3) is 4.56. The molecule has 0 aromatic heterocycles. The second-order valence-corrected chi connectivity index (χ2v) is 7.02. The van der Waals surface area contributed by atoms with Crippen molar-refractivity contribution in [1.82, 2.24) is 4.90 Å². The highest BCUT2D eigenvalue weighted by molar-refractivity contribution is 5.70. The summed E-state index contributed by atoms with van der Waals surface area (Å²) in [5.41, 5.74) is 4.89. The van der Waals surface area contributed by atoms with Gasteiger partial charge in [0.2, 0.25) is 5.75 Å². The molecule has 0 fully saturated rings. The minimum absolute atomic E-state index is 0.603. The minimum atomic E-state index is 0.603. The van der Waals surface area contributed by atoms with Crippen LogP contribution in [0.5, 0.6) is 17.2 Å². The van der Waals surface area contributed by atoms with E-state index in [4.69, 9.17) is 14.2 Å². The summed E-state index contributed by atoms with van der Waals surface area (Å²) in [5.74, 6) is 1.94. The van der Waals surface area contributed by atoms with Crippen LogP contribution in [0.25, 0.3) is 11.1 Å². The van der Waals surface area contributed by atoms with E-state index in [0.717, 1.165) is 23.2 Å².